The quantitative estimate of drug-likeness (QED) is 0.704. The van der Waals surface area contributed by atoms with E-state index in [0.717, 1.165) is 11.1 Å². The van der Waals surface area contributed by atoms with Gasteiger partial charge in [-0.25, -0.2) is 0 Å². The van der Waals surface area contributed by atoms with Gasteiger partial charge in [0.1, 0.15) is 6.61 Å². The maximum atomic E-state index is 12.7. The van der Waals surface area contributed by atoms with E-state index in [0.29, 0.717) is 26.2 Å². The molecule has 0 spiro atoms. The van der Waals surface area contributed by atoms with Gasteiger partial charge in [0.25, 0.3) is 0 Å². The van der Waals surface area contributed by atoms with Crippen LogP contribution in [0, 0.1) is 11.8 Å². The van der Waals surface area contributed by atoms with E-state index in [-0.39, 0.29) is 18.5 Å². The van der Waals surface area contributed by atoms with Crippen molar-refractivity contribution >= 4 is 11.9 Å². The average molecular weight is 367 g/mol. The zero-order chi connectivity index (χ0) is 19.1. The molecule has 0 N–H and O–H groups in total. The van der Waals surface area contributed by atoms with Gasteiger partial charge in [-0.15, -0.1) is 0 Å². The molecule has 5 nitrogen and oxygen atoms in total. The summed E-state index contributed by atoms with van der Waals surface area (Å²) < 4.78 is 10.7. The molecular formula is C22H25NO4. The van der Waals surface area contributed by atoms with Crippen LogP contribution in [0.25, 0.3) is 0 Å². The maximum absolute atomic E-state index is 12.7. The van der Waals surface area contributed by atoms with E-state index in [2.05, 4.69) is 4.90 Å². The second-order valence-corrected chi connectivity index (χ2v) is 6.74. The van der Waals surface area contributed by atoms with E-state index in [1.807, 2.05) is 60.7 Å². The molecule has 0 bridgehead atoms. The molecule has 1 aliphatic rings. The number of nitrogens with zero attached hydrogens (tertiary/aromatic N) is 1. The number of carbonyl (C=O) groups excluding carboxylic acids is 2. The third-order valence-electron chi connectivity index (χ3n) is 4.76. The summed E-state index contributed by atoms with van der Waals surface area (Å²) in [5, 5.41) is 0. The van der Waals surface area contributed by atoms with E-state index in [9.17, 15) is 9.59 Å². The van der Waals surface area contributed by atoms with Gasteiger partial charge >= 0.3 is 11.9 Å². The normalized spacial score (nSPS) is 19.6. The van der Waals surface area contributed by atoms with Crippen LogP contribution in [0.4, 0.5) is 0 Å². The number of rotatable bonds is 7. The highest BCUT2D eigenvalue weighted by Gasteiger charge is 2.43. The smallest absolute Gasteiger partial charge is 0.311 e. The van der Waals surface area contributed by atoms with Crippen LogP contribution in [-0.2, 0) is 32.2 Å². The lowest BCUT2D eigenvalue weighted by atomic mass is 9.96. The fourth-order valence-corrected chi connectivity index (χ4v) is 3.42. The largest absolute Gasteiger partial charge is 0.466 e. The molecule has 1 aliphatic heterocycles. The summed E-state index contributed by atoms with van der Waals surface area (Å²) in [6.45, 7) is 3.98. The van der Waals surface area contributed by atoms with Gasteiger partial charge in [0.2, 0.25) is 0 Å². The SMILES string of the molecule is CCOC(=O)[C@H]1CN(Cc2ccccc2)C[C@@H]1C(=O)OCc1ccccc1. The molecule has 1 fully saturated rings. The third kappa shape index (κ3) is 5.17. The van der Waals surface area contributed by atoms with Crippen LogP contribution >= 0.6 is 0 Å². The van der Waals surface area contributed by atoms with Crippen molar-refractivity contribution in [1.82, 2.24) is 4.90 Å². The maximum Gasteiger partial charge on any atom is 0.311 e. The van der Waals surface area contributed by atoms with E-state index in [4.69, 9.17) is 9.47 Å². The van der Waals surface area contributed by atoms with Crippen LogP contribution < -0.4 is 0 Å². The van der Waals surface area contributed by atoms with Crippen LogP contribution in [0.5, 0.6) is 0 Å². The van der Waals surface area contributed by atoms with Crippen molar-refractivity contribution in [2.75, 3.05) is 19.7 Å². The van der Waals surface area contributed by atoms with Crippen LogP contribution in [0.2, 0.25) is 0 Å². The molecule has 142 valence electrons. The zero-order valence-electron chi connectivity index (χ0n) is 15.5. The number of likely N-dealkylation sites (tertiary alicyclic amines) is 1. The molecule has 1 heterocycles. The van der Waals surface area contributed by atoms with Gasteiger partial charge in [0.05, 0.1) is 18.4 Å². The standard InChI is InChI=1S/C22H25NO4/c1-2-26-21(24)19-14-23(13-17-9-5-3-6-10-17)15-20(19)22(25)27-16-18-11-7-4-8-12-18/h3-12,19-20H,2,13-16H2,1H3/t19-,20-/m0/s1. The van der Waals surface area contributed by atoms with Crippen LogP contribution in [0.1, 0.15) is 18.1 Å². The molecule has 0 unspecified atom stereocenters. The van der Waals surface area contributed by atoms with Crippen LogP contribution in [0.3, 0.4) is 0 Å². The number of hydrogen-bond donors (Lipinski definition) is 0. The minimum atomic E-state index is -0.503. The summed E-state index contributed by atoms with van der Waals surface area (Å²) >= 11 is 0. The van der Waals surface area contributed by atoms with Crippen LogP contribution in [-0.4, -0.2) is 36.5 Å². The average Bonchev–Trinajstić information content (AvgIpc) is 3.12. The Morgan fingerprint density at radius 2 is 1.37 bits per heavy atom. The molecule has 1 saturated heterocycles. The predicted molar refractivity (Wildman–Crippen MR) is 102 cm³/mol. The first kappa shape index (κ1) is 19.1. The molecule has 0 aromatic heterocycles. The van der Waals surface area contributed by atoms with Crippen LogP contribution in [0.15, 0.2) is 60.7 Å². The van der Waals surface area contributed by atoms with Gasteiger partial charge in [-0.2, -0.15) is 0 Å². The molecule has 0 radical (unpaired) electrons. The van der Waals surface area contributed by atoms with E-state index in [1.165, 1.54) is 0 Å². The van der Waals surface area contributed by atoms with Crippen molar-refractivity contribution < 1.29 is 19.1 Å². The van der Waals surface area contributed by atoms with Crippen molar-refractivity contribution in [2.24, 2.45) is 11.8 Å². The Bertz CT molecular complexity index is 747. The molecule has 3 rings (SSSR count). The Morgan fingerprint density at radius 3 is 1.93 bits per heavy atom. The lowest BCUT2D eigenvalue weighted by molar-refractivity contribution is -0.159. The Kier molecular flexibility index (Phi) is 6.60. The highest BCUT2D eigenvalue weighted by atomic mass is 16.5. The second-order valence-electron chi connectivity index (χ2n) is 6.74. The van der Waals surface area contributed by atoms with Crippen molar-refractivity contribution in [3.8, 4) is 0 Å². The summed E-state index contributed by atoms with van der Waals surface area (Å²) in [7, 11) is 0. The van der Waals surface area contributed by atoms with Crippen molar-refractivity contribution in [3.05, 3.63) is 71.8 Å². The van der Waals surface area contributed by atoms with E-state index < -0.39 is 11.8 Å². The Hall–Kier alpha value is -2.66. The van der Waals surface area contributed by atoms with E-state index >= 15 is 0 Å². The Balaban J connectivity index is 1.65. The Labute approximate surface area is 159 Å². The highest BCUT2D eigenvalue weighted by molar-refractivity contribution is 5.83. The fraction of sp³-hybridized carbons (Fsp3) is 0.364. The first-order valence-corrected chi connectivity index (χ1v) is 9.31. The zero-order valence-corrected chi connectivity index (χ0v) is 15.5. The number of ether oxygens (including phenoxy) is 2. The molecule has 0 saturated carbocycles. The number of carbonyl (C=O) groups is 2. The summed E-state index contributed by atoms with van der Waals surface area (Å²) in [5.41, 5.74) is 2.08. The van der Waals surface area contributed by atoms with Crippen molar-refractivity contribution in [1.29, 1.82) is 0 Å². The predicted octanol–water partition coefficient (Wildman–Crippen LogP) is 3.04. The molecule has 2 atom stereocenters. The van der Waals surface area contributed by atoms with E-state index in [1.54, 1.807) is 6.92 Å². The summed E-state index contributed by atoms with van der Waals surface area (Å²) in [5.74, 6) is -1.66. The van der Waals surface area contributed by atoms with Crippen molar-refractivity contribution in [2.45, 2.75) is 20.1 Å². The highest BCUT2D eigenvalue weighted by Crippen LogP contribution is 2.27. The number of hydrogen-bond acceptors (Lipinski definition) is 5. The second kappa shape index (κ2) is 9.33. The topological polar surface area (TPSA) is 55.8 Å². The monoisotopic (exact) mass is 367 g/mol. The lowest BCUT2D eigenvalue weighted by Crippen LogP contribution is -2.31. The number of benzene rings is 2. The molecule has 27 heavy (non-hydrogen) atoms. The first-order chi connectivity index (χ1) is 13.2. The summed E-state index contributed by atoms with van der Waals surface area (Å²) in [6.07, 6.45) is 0. The van der Waals surface area contributed by atoms with Gasteiger partial charge in [-0.1, -0.05) is 60.7 Å². The summed E-state index contributed by atoms with van der Waals surface area (Å²) in [6, 6.07) is 19.6. The van der Waals surface area contributed by atoms with Gasteiger partial charge in [-0.05, 0) is 18.1 Å². The van der Waals surface area contributed by atoms with Gasteiger partial charge in [0.15, 0.2) is 0 Å². The molecular weight excluding hydrogens is 342 g/mol. The fourth-order valence-electron chi connectivity index (χ4n) is 3.42. The van der Waals surface area contributed by atoms with Gasteiger partial charge in [0, 0.05) is 19.6 Å². The molecule has 5 heteroatoms. The molecule has 2 aromatic carbocycles. The molecule has 0 amide bonds. The Morgan fingerprint density at radius 1 is 0.852 bits per heavy atom. The first-order valence-electron chi connectivity index (χ1n) is 9.31. The molecule has 2 aromatic rings. The third-order valence-corrected chi connectivity index (χ3v) is 4.76. The minimum Gasteiger partial charge on any atom is -0.466 e. The van der Waals surface area contributed by atoms with Gasteiger partial charge < -0.3 is 9.47 Å². The van der Waals surface area contributed by atoms with Crippen molar-refractivity contribution in [3.63, 3.8) is 0 Å². The summed E-state index contributed by atoms with van der Waals surface area (Å²) in [4.78, 5) is 27.2. The van der Waals surface area contributed by atoms with Gasteiger partial charge in [-0.3, -0.25) is 14.5 Å². The minimum absolute atomic E-state index is 0.213. The molecule has 0 aliphatic carbocycles. The lowest BCUT2D eigenvalue weighted by Gasteiger charge is -2.16. The number of esters is 2.